The van der Waals surface area contributed by atoms with Crippen LogP contribution in [-0.4, -0.2) is 48.9 Å². The summed E-state index contributed by atoms with van der Waals surface area (Å²) in [5.74, 6) is 0.477. The topological polar surface area (TPSA) is 107 Å². The summed E-state index contributed by atoms with van der Waals surface area (Å²) in [6.07, 6.45) is 4.21. The first-order chi connectivity index (χ1) is 14.9. The Morgan fingerprint density at radius 1 is 0.968 bits per heavy atom. The number of rotatable bonds is 6. The maximum Gasteiger partial charge on any atom is 0.229 e. The third kappa shape index (κ3) is 5.71. The number of hydrogen-bond acceptors (Lipinski definition) is 7. The van der Waals surface area contributed by atoms with Crippen LogP contribution in [0.1, 0.15) is 12.8 Å². The van der Waals surface area contributed by atoms with Gasteiger partial charge in [-0.2, -0.15) is 0 Å². The van der Waals surface area contributed by atoms with Crippen LogP contribution in [0.15, 0.2) is 60.8 Å². The summed E-state index contributed by atoms with van der Waals surface area (Å²) in [6.45, 7) is 1.72. The fourth-order valence-electron chi connectivity index (χ4n) is 3.51. The summed E-state index contributed by atoms with van der Waals surface area (Å²) in [7, 11) is -3.31. The van der Waals surface area contributed by atoms with Crippen molar-refractivity contribution < 1.29 is 13.5 Å². The molecule has 31 heavy (non-hydrogen) atoms. The highest BCUT2D eigenvalue weighted by Crippen LogP contribution is 2.24. The highest BCUT2D eigenvalue weighted by Gasteiger charge is 2.17. The largest absolute Gasteiger partial charge is 0.393 e. The lowest BCUT2D eigenvalue weighted by Gasteiger charge is -2.31. The second-order valence-corrected chi connectivity index (χ2v) is 9.36. The Morgan fingerprint density at radius 2 is 1.61 bits per heavy atom. The van der Waals surface area contributed by atoms with E-state index in [4.69, 9.17) is 0 Å². The van der Waals surface area contributed by atoms with Gasteiger partial charge in [0, 0.05) is 41.9 Å². The fraction of sp³-hybridized carbons (Fsp3) is 0.273. The predicted octanol–water partition coefficient (Wildman–Crippen LogP) is 3.22. The Labute approximate surface area is 182 Å². The molecule has 1 fully saturated rings. The molecule has 2 heterocycles. The Kier molecular flexibility index (Phi) is 6.06. The van der Waals surface area contributed by atoms with Gasteiger partial charge >= 0.3 is 0 Å². The highest BCUT2D eigenvalue weighted by atomic mass is 32.2. The molecule has 0 aliphatic carbocycles. The van der Waals surface area contributed by atoms with E-state index in [1.54, 1.807) is 24.4 Å². The molecule has 0 amide bonds. The van der Waals surface area contributed by atoms with Crippen LogP contribution in [0.2, 0.25) is 0 Å². The van der Waals surface area contributed by atoms with Crippen molar-refractivity contribution in [2.45, 2.75) is 18.9 Å². The highest BCUT2D eigenvalue weighted by molar-refractivity contribution is 7.92. The number of sulfonamides is 1. The van der Waals surface area contributed by atoms with Gasteiger partial charge in [0.25, 0.3) is 0 Å². The number of aliphatic hydroxyl groups is 1. The van der Waals surface area contributed by atoms with E-state index in [1.807, 2.05) is 24.3 Å². The molecule has 1 aromatic heterocycles. The molecule has 1 saturated heterocycles. The minimum atomic E-state index is -3.31. The van der Waals surface area contributed by atoms with E-state index in [-0.39, 0.29) is 6.10 Å². The van der Waals surface area contributed by atoms with E-state index in [0.717, 1.165) is 54.8 Å². The van der Waals surface area contributed by atoms with Gasteiger partial charge in [-0.25, -0.2) is 18.4 Å². The van der Waals surface area contributed by atoms with E-state index in [1.165, 1.54) is 0 Å². The predicted molar refractivity (Wildman–Crippen MR) is 123 cm³/mol. The van der Waals surface area contributed by atoms with Crippen LogP contribution >= 0.6 is 0 Å². The van der Waals surface area contributed by atoms with Gasteiger partial charge < -0.3 is 15.3 Å². The molecular weight excluding hydrogens is 414 g/mol. The summed E-state index contributed by atoms with van der Waals surface area (Å²) in [5.41, 5.74) is 4.10. The number of aliphatic hydroxyl groups excluding tert-OH is 1. The van der Waals surface area contributed by atoms with Crippen LogP contribution in [0.25, 0.3) is 11.3 Å². The molecule has 1 aliphatic heterocycles. The van der Waals surface area contributed by atoms with Gasteiger partial charge in [0.15, 0.2) is 0 Å². The van der Waals surface area contributed by atoms with Gasteiger partial charge in [-0.1, -0.05) is 12.1 Å². The summed E-state index contributed by atoms with van der Waals surface area (Å²) in [4.78, 5) is 11.1. The summed E-state index contributed by atoms with van der Waals surface area (Å²) >= 11 is 0. The molecular formula is C22H25N5O3S. The van der Waals surface area contributed by atoms with E-state index >= 15 is 0 Å². The van der Waals surface area contributed by atoms with E-state index in [0.29, 0.717) is 11.6 Å². The molecule has 0 radical (unpaired) electrons. The van der Waals surface area contributed by atoms with Crippen molar-refractivity contribution in [3.05, 3.63) is 60.8 Å². The summed E-state index contributed by atoms with van der Waals surface area (Å²) in [6, 6.07) is 16.9. The van der Waals surface area contributed by atoms with Crippen LogP contribution in [0.5, 0.6) is 0 Å². The van der Waals surface area contributed by atoms with Crippen molar-refractivity contribution >= 4 is 33.0 Å². The van der Waals surface area contributed by atoms with Gasteiger partial charge in [0.2, 0.25) is 16.0 Å². The van der Waals surface area contributed by atoms with Crippen LogP contribution in [0.4, 0.5) is 23.0 Å². The number of benzene rings is 2. The van der Waals surface area contributed by atoms with E-state index < -0.39 is 10.0 Å². The first kappa shape index (κ1) is 21.1. The van der Waals surface area contributed by atoms with Crippen molar-refractivity contribution in [1.29, 1.82) is 0 Å². The minimum Gasteiger partial charge on any atom is -0.393 e. The molecule has 2 aromatic carbocycles. The molecule has 0 saturated carbocycles. The van der Waals surface area contributed by atoms with Crippen LogP contribution in [0.3, 0.4) is 0 Å². The van der Waals surface area contributed by atoms with Crippen molar-refractivity contribution in [1.82, 2.24) is 9.97 Å². The number of nitrogens with one attached hydrogen (secondary N) is 2. The normalized spacial score (nSPS) is 15.0. The zero-order chi connectivity index (χ0) is 21.8. The zero-order valence-corrected chi connectivity index (χ0v) is 18.0. The second-order valence-electron chi connectivity index (χ2n) is 7.61. The molecule has 0 spiro atoms. The third-order valence-corrected chi connectivity index (χ3v) is 5.70. The van der Waals surface area contributed by atoms with Gasteiger partial charge in [-0.05, 0) is 55.3 Å². The van der Waals surface area contributed by atoms with Crippen molar-refractivity contribution in [3.8, 4) is 11.3 Å². The van der Waals surface area contributed by atoms with Crippen LogP contribution in [-0.2, 0) is 10.0 Å². The van der Waals surface area contributed by atoms with Crippen LogP contribution < -0.4 is 14.9 Å². The molecule has 4 rings (SSSR count). The quantitative estimate of drug-likeness (QED) is 0.541. The van der Waals surface area contributed by atoms with Crippen LogP contribution in [0, 0.1) is 0 Å². The Bertz CT molecular complexity index is 1130. The monoisotopic (exact) mass is 439 g/mol. The molecule has 1 aliphatic rings. The van der Waals surface area contributed by atoms with Crippen molar-refractivity contribution in [2.24, 2.45) is 0 Å². The number of piperidine rings is 1. The first-order valence-electron chi connectivity index (χ1n) is 10.1. The molecule has 3 aromatic rings. The van der Waals surface area contributed by atoms with Gasteiger partial charge in [0.1, 0.15) is 0 Å². The summed E-state index contributed by atoms with van der Waals surface area (Å²) < 4.78 is 25.1. The average Bonchev–Trinajstić information content (AvgIpc) is 2.75. The SMILES string of the molecule is CS(=O)(=O)Nc1ccc(-c2ccnc(Nc3ccc(N4CCC(O)CC4)cc3)n2)cc1. The molecule has 0 unspecified atom stereocenters. The maximum absolute atomic E-state index is 11.3. The van der Waals surface area contributed by atoms with Crippen molar-refractivity contribution in [2.75, 3.05) is 34.3 Å². The van der Waals surface area contributed by atoms with Gasteiger partial charge in [-0.15, -0.1) is 0 Å². The van der Waals surface area contributed by atoms with Crippen molar-refractivity contribution in [3.63, 3.8) is 0 Å². The first-order valence-corrected chi connectivity index (χ1v) is 12.0. The minimum absolute atomic E-state index is 0.186. The third-order valence-electron chi connectivity index (χ3n) is 5.09. The van der Waals surface area contributed by atoms with E-state index in [2.05, 4.69) is 37.0 Å². The fourth-order valence-corrected chi connectivity index (χ4v) is 4.08. The Morgan fingerprint density at radius 3 is 2.26 bits per heavy atom. The van der Waals surface area contributed by atoms with Gasteiger partial charge in [0.05, 0.1) is 18.1 Å². The molecule has 8 nitrogen and oxygen atoms in total. The summed E-state index contributed by atoms with van der Waals surface area (Å²) in [5, 5.41) is 12.9. The zero-order valence-electron chi connectivity index (χ0n) is 17.2. The average molecular weight is 440 g/mol. The number of aromatic nitrogens is 2. The number of anilines is 4. The standard InChI is InChI=1S/C22H25N5O3S/c1-31(29,30)26-18-4-2-16(3-5-18)21-10-13-23-22(25-21)24-17-6-8-19(9-7-17)27-14-11-20(28)12-15-27/h2-10,13,20,26,28H,11-12,14-15H2,1H3,(H,23,24,25). The lowest BCUT2D eigenvalue weighted by molar-refractivity contribution is 0.145. The molecule has 0 bridgehead atoms. The maximum atomic E-state index is 11.3. The Hall–Kier alpha value is -3.17. The second kappa shape index (κ2) is 8.91. The van der Waals surface area contributed by atoms with Gasteiger partial charge in [-0.3, -0.25) is 4.72 Å². The lowest BCUT2D eigenvalue weighted by atomic mass is 10.1. The molecule has 162 valence electrons. The van der Waals surface area contributed by atoms with E-state index in [9.17, 15) is 13.5 Å². The smallest absolute Gasteiger partial charge is 0.229 e. The molecule has 9 heteroatoms. The number of nitrogens with zero attached hydrogens (tertiary/aromatic N) is 3. The lowest BCUT2D eigenvalue weighted by Crippen LogP contribution is -2.35. The Balaban J connectivity index is 1.44. The number of hydrogen-bond donors (Lipinski definition) is 3. The molecule has 0 atom stereocenters. The molecule has 3 N–H and O–H groups in total.